The van der Waals surface area contributed by atoms with Gasteiger partial charge in [0.1, 0.15) is 11.6 Å². The van der Waals surface area contributed by atoms with Gasteiger partial charge in [-0.25, -0.2) is 4.79 Å². The Bertz CT molecular complexity index is 437. The lowest BCUT2D eigenvalue weighted by Gasteiger charge is -2.40. The van der Waals surface area contributed by atoms with Crippen molar-refractivity contribution in [1.82, 2.24) is 14.7 Å². The highest BCUT2D eigenvalue weighted by atomic mass is 16.6. The molecule has 0 aromatic carbocycles. The Kier molecular flexibility index (Phi) is 6.42. The predicted octanol–water partition coefficient (Wildman–Crippen LogP) is 0.325. The molecule has 0 aliphatic carbocycles. The molecule has 1 amide bonds. The van der Waals surface area contributed by atoms with Crippen molar-refractivity contribution in [3.05, 3.63) is 0 Å². The fourth-order valence-electron chi connectivity index (χ4n) is 2.92. The van der Waals surface area contributed by atoms with Gasteiger partial charge in [-0.3, -0.25) is 14.6 Å². The van der Waals surface area contributed by atoms with E-state index in [0.29, 0.717) is 45.9 Å². The summed E-state index contributed by atoms with van der Waals surface area (Å²) in [6.45, 7) is 10.9. The minimum atomic E-state index is -0.813. The molecule has 0 spiro atoms. The molecule has 1 unspecified atom stereocenters. The molecule has 1 atom stereocenters. The van der Waals surface area contributed by atoms with Crippen molar-refractivity contribution in [3.8, 4) is 0 Å². The molecule has 8 heteroatoms. The number of ether oxygens (including phenoxy) is 2. The molecule has 1 N–H and O–H groups in total. The van der Waals surface area contributed by atoms with Crippen LogP contribution in [0.5, 0.6) is 0 Å². The molecule has 2 heterocycles. The van der Waals surface area contributed by atoms with Gasteiger partial charge in [0.05, 0.1) is 13.2 Å². The summed E-state index contributed by atoms with van der Waals surface area (Å²) in [4.78, 5) is 29.5. The molecule has 8 nitrogen and oxygen atoms in total. The van der Waals surface area contributed by atoms with Crippen LogP contribution in [0.4, 0.5) is 4.79 Å². The van der Waals surface area contributed by atoms with E-state index in [1.165, 1.54) is 0 Å². The SMILES string of the molecule is CC(C)(C)OC(=O)N1CCN(C(CN2CCOCC2)C(=O)O)CC1. The molecule has 2 saturated heterocycles. The fourth-order valence-corrected chi connectivity index (χ4v) is 2.92. The van der Waals surface area contributed by atoms with Crippen LogP contribution >= 0.6 is 0 Å². The number of aliphatic carboxylic acids is 1. The smallest absolute Gasteiger partial charge is 0.410 e. The summed E-state index contributed by atoms with van der Waals surface area (Å²) in [5, 5.41) is 9.58. The third-order valence-electron chi connectivity index (χ3n) is 4.23. The van der Waals surface area contributed by atoms with Crippen molar-refractivity contribution in [2.24, 2.45) is 0 Å². The van der Waals surface area contributed by atoms with E-state index in [2.05, 4.69) is 4.90 Å². The molecule has 0 aromatic rings. The molecule has 0 bridgehead atoms. The third kappa shape index (κ3) is 5.61. The van der Waals surface area contributed by atoms with Gasteiger partial charge in [-0.15, -0.1) is 0 Å². The quantitative estimate of drug-likeness (QED) is 0.787. The van der Waals surface area contributed by atoms with E-state index in [9.17, 15) is 14.7 Å². The highest BCUT2D eigenvalue weighted by Gasteiger charge is 2.33. The number of morpholine rings is 1. The number of carbonyl (C=O) groups excluding carboxylic acids is 1. The zero-order valence-corrected chi connectivity index (χ0v) is 14.9. The van der Waals surface area contributed by atoms with Crippen LogP contribution in [0.15, 0.2) is 0 Å². The molecule has 24 heavy (non-hydrogen) atoms. The maximum atomic E-state index is 12.1. The van der Waals surface area contributed by atoms with Gasteiger partial charge in [-0.2, -0.15) is 0 Å². The molecular weight excluding hydrogens is 314 g/mol. The van der Waals surface area contributed by atoms with E-state index < -0.39 is 17.6 Å². The summed E-state index contributed by atoms with van der Waals surface area (Å²) in [6, 6.07) is -0.552. The van der Waals surface area contributed by atoms with Crippen molar-refractivity contribution in [3.63, 3.8) is 0 Å². The van der Waals surface area contributed by atoms with Gasteiger partial charge in [0, 0.05) is 45.8 Å². The van der Waals surface area contributed by atoms with E-state index in [4.69, 9.17) is 9.47 Å². The average Bonchev–Trinajstić information content (AvgIpc) is 2.52. The Hall–Kier alpha value is -1.38. The van der Waals surface area contributed by atoms with E-state index in [1.807, 2.05) is 25.7 Å². The van der Waals surface area contributed by atoms with Gasteiger partial charge in [0.2, 0.25) is 0 Å². The van der Waals surface area contributed by atoms with E-state index >= 15 is 0 Å². The number of carboxylic acids is 1. The van der Waals surface area contributed by atoms with Crippen LogP contribution in [-0.2, 0) is 14.3 Å². The standard InChI is InChI=1S/C16H29N3O5/c1-16(2,3)24-15(22)19-6-4-18(5-7-19)13(14(20)21)12-17-8-10-23-11-9-17/h13H,4-12H2,1-3H3,(H,20,21). The van der Waals surface area contributed by atoms with E-state index in [0.717, 1.165) is 13.1 Å². The minimum Gasteiger partial charge on any atom is -0.480 e. The van der Waals surface area contributed by atoms with Gasteiger partial charge >= 0.3 is 12.1 Å². The maximum absolute atomic E-state index is 12.1. The topological polar surface area (TPSA) is 82.5 Å². The highest BCUT2D eigenvalue weighted by Crippen LogP contribution is 2.14. The predicted molar refractivity (Wildman–Crippen MR) is 88.1 cm³/mol. The fraction of sp³-hybridized carbons (Fsp3) is 0.875. The molecule has 2 rings (SSSR count). The van der Waals surface area contributed by atoms with E-state index in [-0.39, 0.29) is 6.09 Å². The van der Waals surface area contributed by atoms with Gasteiger partial charge in [-0.1, -0.05) is 0 Å². The van der Waals surface area contributed by atoms with Crippen LogP contribution in [0.2, 0.25) is 0 Å². The Morgan fingerprint density at radius 3 is 2.17 bits per heavy atom. The van der Waals surface area contributed by atoms with Crippen LogP contribution in [0.1, 0.15) is 20.8 Å². The summed E-state index contributed by atoms with van der Waals surface area (Å²) >= 11 is 0. The van der Waals surface area contributed by atoms with Crippen molar-refractivity contribution in [2.45, 2.75) is 32.4 Å². The lowest BCUT2D eigenvalue weighted by Crippen LogP contribution is -2.58. The Morgan fingerprint density at radius 1 is 1.08 bits per heavy atom. The molecule has 2 aliphatic rings. The van der Waals surface area contributed by atoms with Crippen molar-refractivity contribution >= 4 is 12.1 Å². The summed E-state index contributed by atoms with van der Waals surface area (Å²) in [7, 11) is 0. The molecule has 0 saturated carbocycles. The third-order valence-corrected chi connectivity index (χ3v) is 4.23. The highest BCUT2D eigenvalue weighted by molar-refractivity contribution is 5.74. The van der Waals surface area contributed by atoms with Crippen molar-refractivity contribution in [1.29, 1.82) is 0 Å². The van der Waals surface area contributed by atoms with Gasteiger partial charge in [0.15, 0.2) is 0 Å². The summed E-state index contributed by atoms with van der Waals surface area (Å²) in [5.41, 5.74) is -0.520. The molecular formula is C16H29N3O5. The normalized spacial score (nSPS) is 22.2. The summed E-state index contributed by atoms with van der Waals surface area (Å²) < 4.78 is 10.7. The van der Waals surface area contributed by atoms with Crippen LogP contribution in [0.3, 0.4) is 0 Å². The summed E-state index contributed by atoms with van der Waals surface area (Å²) in [5.74, 6) is -0.813. The second-order valence-electron chi connectivity index (χ2n) is 7.27. The average molecular weight is 343 g/mol. The number of hydrogen-bond acceptors (Lipinski definition) is 6. The maximum Gasteiger partial charge on any atom is 0.410 e. The first-order valence-corrected chi connectivity index (χ1v) is 8.51. The minimum absolute atomic E-state index is 0.331. The monoisotopic (exact) mass is 343 g/mol. The molecule has 0 aromatic heterocycles. The number of rotatable bonds is 4. The van der Waals surface area contributed by atoms with Gasteiger partial charge < -0.3 is 19.5 Å². The molecule has 2 aliphatic heterocycles. The van der Waals surface area contributed by atoms with Crippen LogP contribution in [0.25, 0.3) is 0 Å². The largest absolute Gasteiger partial charge is 0.480 e. The van der Waals surface area contributed by atoms with Crippen LogP contribution in [0, 0.1) is 0 Å². The number of nitrogens with zero attached hydrogens (tertiary/aromatic N) is 3. The zero-order valence-electron chi connectivity index (χ0n) is 14.9. The molecule has 138 valence electrons. The second kappa shape index (κ2) is 8.13. The van der Waals surface area contributed by atoms with Crippen molar-refractivity contribution < 1.29 is 24.2 Å². The molecule has 0 radical (unpaired) electrons. The number of piperazine rings is 1. The Balaban J connectivity index is 1.86. The lowest BCUT2D eigenvalue weighted by atomic mass is 10.2. The first kappa shape index (κ1) is 19.0. The lowest BCUT2D eigenvalue weighted by molar-refractivity contribution is -0.145. The van der Waals surface area contributed by atoms with Crippen LogP contribution in [-0.4, -0.2) is 103 Å². The Morgan fingerprint density at radius 2 is 1.67 bits per heavy atom. The second-order valence-corrected chi connectivity index (χ2v) is 7.27. The first-order valence-electron chi connectivity index (χ1n) is 8.51. The van der Waals surface area contributed by atoms with Crippen LogP contribution < -0.4 is 0 Å². The summed E-state index contributed by atoms with van der Waals surface area (Å²) in [6.07, 6.45) is -0.331. The number of amides is 1. The first-order chi connectivity index (χ1) is 11.3. The van der Waals surface area contributed by atoms with Gasteiger partial charge in [-0.05, 0) is 20.8 Å². The zero-order chi connectivity index (χ0) is 17.7. The number of hydrogen-bond donors (Lipinski definition) is 1. The number of carboxylic acid groups (broad SMARTS) is 1. The van der Waals surface area contributed by atoms with E-state index in [1.54, 1.807) is 4.90 Å². The van der Waals surface area contributed by atoms with Gasteiger partial charge in [0.25, 0.3) is 0 Å². The Labute approximate surface area is 143 Å². The van der Waals surface area contributed by atoms with Crippen molar-refractivity contribution in [2.75, 3.05) is 59.0 Å². The number of carbonyl (C=O) groups is 2. The molecule has 2 fully saturated rings.